The first kappa shape index (κ1) is 26.1. The summed E-state index contributed by atoms with van der Waals surface area (Å²) in [4.78, 5) is 32.9. The van der Waals surface area contributed by atoms with E-state index in [0.29, 0.717) is 45.6 Å². The van der Waals surface area contributed by atoms with E-state index in [-0.39, 0.29) is 24.7 Å². The summed E-state index contributed by atoms with van der Waals surface area (Å²) in [7, 11) is 0. The maximum atomic E-state index is 11.8. The van der Waals surface area contributed by atoms with Crippen LogP contribution >= 0.6 is 0 Å². The van der Waals surface area contributed by atoms with Gasteiger partial charge < -0.3 is 18.9 Å². The van der Waals surface area contributed by atoms with E-state index in [0.717, 1.165) is 0 Å². The second-order valence-electron chi connectivity index (χ2n) is 8.16. The number of nitrogens with one attached hydrogen (secondary N) is 2. The number of benzene rings is 3. The summed E-state index contributed by atoms with van der Waals surface area (Å²) in [5.41, 5.74) is 2.52. The Morgan fingerprint density at radius 2 is 1.10 bits per heavy atom. The van der Waals surface area contributed by atoms with Crippen LogP contribution in [0, 0.1) is 0 Å². The number of hydrogen-bond donors (Lipinski definition) is 2. The molecule has 5 rings (SSSR count). The van der Waals surface area contributed by atoms with Crippen LogP contribution < -0.4 is 9.47 Å². The van der Waals surface area contributed by atoms with Gasteiger partial charge in [-0.3, -0.25) is 10.2 Å². The van der Waals surface area contributed by atoms with Gasteiger partial charge in [-0.2, -0.15) is 10.2 Å². The fourth-order valence-electron chi connectivity index (χ4n) is 3.80. The van der Waals surface area contributed by atoms with Gasteiger partial charge in [-0.15, -0.1) is 0 Å². The molecule has 2 heterocycles. The smallest absolute Gasteiger partial charge is 0.434 e. The first-order chi connectivity index (χ1) is 19.6. The zero-order chi connectivity index (χ0) is 27.9. The Morgan fingerprint density at radius 3 is 1.55 bits per heavy atom. The van der Waals surface area contributed by atoms with Crippen molar-refractivity contribution >= 4 is 12.3 Å². The minimum absolute atomic E-state index is 0.198. The first-order valence-corrected chi connectivity index (χ1v) is 12.4. The number of nitrogens with zero attached hydrogens (tertiary/aromatic N) is 4. The number of H-pyrrole nitrogens is 2. The molecule has 12 heteroatoms. The molecule has 5 aromatic rings. The van der Waals surface area contributed by atoms with E-state index < -0.39 is 12.3 Å². The standard InChI is InChI=1S/C28H24N6O6/c1-3-37-27(35)39-21-14-7-5-12-19(21)25-29-23(31-33-25)17-10-9-11-18(16-17)24-30-26(34-32-24)20-13-6-8-15-22(20)40-28(36)38-4-2/h5-16H,3-4H2,1-2H3,(H,29,31,33)(H,30,32,34). The molecule has 0 amide bonds. The molecule has 0 spiro atoms. The number of aromatic amines is 2. The summed E-state index contributed by atoms with van der Waals surface area (Å²) in [6.07, 6.45) is -1.60. The second kappa shape index (κ2) is 11.9. The molecule has 0 aliphatic rings. The molecule has 40 heavy (non-hydrogen) atoms. The number of carbonyl (C=O) groups is 2. The molecule has 2 N–H and O–H groups in total. The normalized spacial score (nSPS) is 10.7. The number of carbonyl (C=O) groups excluding carboxylic acids is 2. The highest BCUT2D eigenvalue weighted by Crippen LogP contribution is 2.31. The van der Waals surface area contributed by atoms with E-state index in [2.05, 4.69) is 30.4 Å². The van der Waals surface area contributed by atoms with Crippen LogP contribution in [0.1, 0.15) is 13.8 Å². The van der Waals surface area contributed by atoms with E-state index in [1.807, 2.05) is 24.3 Å². The van der Waals surface area contributed by atoms with Crippen LogP contribution in [0.15, 0.2) is 72.8 Å². The molecular formula is C28H24N6O6. The van der Waals surface area contributed by atoms with Crippen LogP contribution in [0.25, 0.3) is 45.6 Å². The lowest BCUT2D eigenvalue weighted by Gasteiger charge is -2.07. The SMILES string of the molecule is CCOC(=O)Oc1ccccc1-c1nc(-c2cccc(-c3n[nH]c(-c4ccccc4OC(=O)OCC)n3)c2)n[nH]1. The van der Waals surface area contributed by atoms with Crippen molar-refractivity contribution in [2.75, 3.05) is 13.2 Å². The molecule has 0 radical (unpaired) electrons. The van der Waals surface area contributed by atoms with E-state index in [9.17, 15) is 9.59 Å². The van der Waals surface area contributed by atoms with Crippen molar-refractivity contribution in [1.29, 1.82) is 0 Å². The third kappa shape index (κ3) is 5.80. The van der Waals surface area contributed by atoms with Crippen molar-refractivity contribution in [3.8, 4) is 57.1 Å². The van der Waals surface area contributed by atoms with E-state index in [1.165, 1.54) is 0 Å². The minimum Gasteiger partial charge on any atom is -0.434 e. The lowest BCUT2D eigenvalue weighted by Crippen LogP contribution is -2.10. The topological polar surface area (TPSA) is 154 Å². The largest absolute Gasteiger partial charge is 0.513 e. The third-order valence-corrected chi connectivity index (χ3v) is 5.55. The van der Waals surface area contributed by atoms with Crippen molar-refractivity contribution in [3.63, 3.8) is 0 Å². The van der Waals surface area contributed by atoms with Gasteiger partial charge in [0.25, 0.3) is 0 Å². The fraction of sp³-hybridized carbons (Fsp3) is 0.143. The lowest BCUT2D eigenvalue weighted by atomic mass is 10.1. The Kier molecular flexibility index (Phi) is 7.77. The van der Waals surface area contributed by atoms with Gasteiger partial charge in [-0.25, -0.2) is 19.6 Å². The van der Waals surface area contributed by atoms with Crippen LogP contribution in [0.2, 0.25) is 0 Å². The van der Waals surface area contributed by atoms with Gasteiger partial charge in [0.1, 0.15) is 11.5 Å². The summed E-state index contributed by atoms with van der Waals surface area (Å²) in [6.45, 7) is 3.79. The molecule has 0 unspecified atom stereocenters. The molecule has 3 aromatic carbocycles. The van der Waals surface area contributed by atoms with E-state index >= 15 is 0 Å². The molecule has 0 saturated carbocycles. The molecule has 0 bridgehead atoms. The Morgan fingerprint density at radius 1 is 0.650 bits per heavy atom. The number of hydrogen-bond acceptors (Lipinski definition) is 10. The third-order valence-electron chi connectivity index (χ3n) is 5.55. The van der Waals surface area contributed by atoms with Gasteiger partial charge in [0.05, 0.1) is 24.3 Å². The van der Waals surface area contributed by atoms with Crippen LogP contribution in [-0.2, 0) is 9.47 Å². The maximum Gasteiger partial charge on any atom is 0.513 e. The van der Waals surface area contributed by atoms with Crippen LogP contribution in [0.5, 0.6) is 11.5 Å². The molecule has 0 aliphatic heterocycles. The molecule has 0 aliphatic carbocycles. The van der Waals surface area contributed by atoms with Crippen molar-refractivity contribution in [2.24, 2.45) is 0 Å². The van der Waals surface area contributed by atoms with Gasteiger partial charge in [0, 0.05) is 11.1 Å². The molecule has 202 valence electrons. The van der Waals surface area contributed by atoms with Gasteiger partial charge in [-0.05, 0) is 44.2 Å². The predicted octanol–water partition coefficient (Wildman–Crippen LogP) is 5.66. The minimum atomic E-state index is -0.802. The van der Waals surface area contributed by atoms with E-state index in [4.69, 9.17) is 18.9 Å². The average Bonchev–Trinajstić information content (AvgIpc) is 3.65. The van der Waals surface area contributed by atoms with Crippen LogP contribution in [0.3, 0.4) is 0 Å². The average molecular weight is 541 g/mol. The summed E-state index contributed by atoms with van der Waals surface area (Å²) >= 11 is 0. The highest BCUT2D eigenvalue weighted by Gasteiger charge is 2.18. The zero-order valence-corrected chi connectivity index (χ0v) is 21.6. The number of para-hydroxylation sites is 2. The Hall–Kier alpha value is -5.52. The van der Waals surface area contributed by atoms with Crippen molar-refractivity contribution in [2.45, 2.75) is 13.8 Å². The Bertz CT molecular complexity index is 1530. The summed E-state index contributed by atoms with van der Waals surface area (Å²) in [6, 6.07) is 21.3. The molecule has 0 fully saturated rings. The van der Waals surface area contributed by atoms with E-state index in [1.54, 1.807) is 62.4 Å². The highest BCUT2D eigenvalue weighted by molar-refractivity contribution is 5.74. The van der Waals surface area contributed by atoms with Crippen molar-refractivity contribution in [3.05, 3.63) is 72.8 Å². The number of aromatic nitrogens is 6. The zero-order valence-electron chi connectivity index (χ0n) is 21.6. The summed E-state index contributed by atoms with van der Waals surface area (Å²) in [5, 5.41) is 14.5. The summed E-state index contributed by atoms with van der Waals surface area (Å²) in [5.74, 6) is 2.26. The molecule has 0 saturated heterocycles. The summed E-state index contributed by atoms with van der Waals surface area (Å²) < 4.78 is 20.4. The first-order valence-electron chi connectivity index (χ1n) is 12.4. The van der Waals surface area contributed by atoms with Crippen LogP contribution in [-0.4, -0.2) is 55.9 Å². The van der Waals surface area contributed by atoms with Gasteiger partial charge >= 0.3 is 12.3 Å². The number of rotatable bonds is 8. The van der Waals surface area contributed by atoms with Crippen molar-refractivity contribution in [1.82, 2.24) is 30.4 Å². The van der Waals surface area contributed by atoms with Gasteiger partial charge in [-0.1, -0.05) is 42.5 Å². The maximum absolute atomic E-state index is 11.8. The molecule has 0 atom stereocenters. The lowest BCUT2D eigenvalue weighted by molar-refractivity contribution is 0.103. The fourth-order valence-corrected chi connectivity index (χ4v) is 3.80. The molecule has 2 aromatic heterocycles. The van der Waals surface area contributed by atoms with Crippen molar-refractivity contribution < 1.29 is 28.5 Å². The van der Waals surface area contributed by atoms with Crippen LogP contribution in [0.4, 0.5) is 9.59 Å². The predicted molar refractivity (Wildman–Crippen MR) is 143 cm³/mol. The molecular weight excluding hydrogens is 516 g/mol. The monoisotopic (exact) mass is 540 g/mol. The van der Waals surface area contributed by atoms with Gasteiger partial charge in [0.2, 0.25) is 0 Å². The quantitative estimate of drug-likeness (QED) is 0.186. The Balaban J connectivity index is 1.39. The number of ether oxygens (including phenoxy) is 4. The second-order valence-corrected chi connectivity index (χ2v) is 8.16. The van der Waals surface area contributed by atoms with Gasteiger partial charge in [0.15, 0.2) is 23.3 Å². The highest BCUT2D eigenvalue weighted by atomic mass is 16.7. The molecule has 12 nitrogen and oxygen atoms in total. The Labute approximate surface area is 228 Å².